The van der Waals surface area contributed by atoms with Crippen LogP contribution in [0.3, 0.4) is 0 Å². The zero-order valence-electron chi connectivity index (χ0n) is 46.4. The summed E-state index contributed by atoms with van der Waals surface area (Å²) < 4.78 is 80.4. The van der Waals surface area contributed by atoms with Crippen LogP contribution in [0.5, 0.6) is 12.0 Å². The second-order valence-corrected chi connectivity index (χ2v) is 23.5. The van der Waals surface area contributed by atoms with E-state index in [0.29, 0.717) is 104 Å². The Balaban J connectivity index is 0.783. The number of halogens is 4. The molecule has 84 heavy (non-hydrogen) atoms. The standard InChI is InChI=1S/C63H63F4N13O4/c1-68-59(82)72-39-19-30-78(31-20-39)58-44-32-69-53(42-11-2-8-37-9-3-13-46(64)49(37)42)51(66)55(44)74-61(76-58)84-35-63-23-7-27-80(63)48(16-24-63)40-14-15-47(65)50-41(40)10-4-12-43(50)54-52(67)56-45(33-70-54)57(77-28-17-38(18-29-77)71-36-81)75-60(73-56)83-34-62-21-5-25-79(62)26-6-22-62/h2-4,8-15,32-33,36,38-39,48H,1,5-7,16-31,34-35H2,(H,71,81)(H,72,82). The fourth-order valence-electron chi connectivity index (χ4n) is 14.9. The fourth-order valence-corrected chi connectivity index (χ4v) is 14.9. The molecule has 0 spiro atoms. The molecule has 0 aliphatic carbocycles. The van der Waals surface area contributed by atoms with Gasteiger partial charge in [-0.1, -0.05) is 54.6 Å². The largest absolute Gasteiger partial charge is 0.461 e. The van der Waals surface area contributed by atoms with Crippen molar-refractivity contribution in [3.8, 4) is 34.5 Å². The lowest BCUT2D eigenvalue weighted by molar-refractivity contribution is -0.110. The molecular weight excluding hydrogens is 1080 g/mol. The number of hydrogen-bond donors (Lipinski definition) is 2. The molecule has 8 aromatic rings. The van der Waals surface area contributed by atoms with Gasteiger partial charge in [0.2, 0.25) is 6.41 Å². The van der Waals surface area contributed by atoms with Crippen LogP contribution in [0.1, 0.15) is 88.7 Å². The Bertz CT molecular complexity index is 3920. The summed E-state index contributed by atoms with van der Waals surface area (Å²) in [6.45, 7) is 8.72. The van der Waals surface area contributed by atoms with Gasteiger partial charge >= 0.3 is 18.1 Å². The van der Waals surface area contributed by atoms with E-state index in [-0.39, 0.29) is 81.0 Å². The van der Waals surface area contributed by atoms with Crippen molar-refractivity contribution in [3.63, 3.8) is 0 Å². The zero-order valence-corrected chi connectivity index (χ0v) is 46.4. The van der Waals surface area contributed by atoms with E-state index in [4.69, 9.17) is 34.4 Å². The van der Waals surface area contributed by atoms with Crippen LogP contribution in [0.25, 0.3) is 65.9 Å². The number of piperidine rings is 2. The number of amides is 3. The quantitative estimate of drug-likeness (QED) is 0.0597. The lowest BCUT2D eigenvalue weighted by Gasteiger charge is -2.35. The summed E-state index contributed by atoms with van der Waals surface area (Å²) in [7, 11) is 0. The Morgan fingerprint density at radius 1 is 0.631 bits per heavy atom. The van der Waals surface area contributed by atoms with Gasteiger partial charge in [0.1, 0.15) is 58.9 Å². The molecule has 6 fully saturated rings. The number of rotatable bonds is 14. The van der Waals surface area contributed by atoms with E-state index in [2.05, 4.69) is 42.0 Å². The number of ether oxygens (including phenoxy) is 2. The van der Waals surface area contributed by atoms with Crippen molar-refractivity contribution in [1.82, 2.24) is 50.3 Å². The molecule has 6 saturated heterocycles. The molecule has 3 amide bonds. The number of hydrogen-bond acceptors (Lipinski definition) is 14. The van der Waals surface area contributed by atoms with Crippen LogP contribution >= 0.6 is 0 Å². The van der Waals surface area contributed by atoms with Gasteiger partial charge in [-0.25, -0.2) is 27.3 Å². The summed E-state index contributed by atoms with van der Waals surface area (Å²) in [6, 6.07) is 17.8. The van der Waals surface area contributed by atoms with E-state index in [0.717, 1.165) is 76.6 Å². The number of benzene rings is 4. The van der Waals surface area contributed by atoms with Gasteiger partial charge in [0, 0.05) is 78.6 Å². The van der Waals surface area contributed by atoms with Gasteiger partial charge in [-0.3, -0.25) is 24.6 Å². The van der Waals surface area contributed by atoms with Crippen molar-refractivity contribution < 1.29 is 36.6 Å². The minimum absolute atomic E-state index is 0.0144. The molecule has 0 radical (unpaired) electrons. The number of pyridine rings is 2. The Labute approximate surface area is 481 Å². The predicted molar refractivity (Wildman–Crippen MR) is 313 cm³/mol. The summed E-state index contributed by atoms with van der Waals surface area (Å²) in [6.07, 6.45) is 13.6. The molecule has 10 heterocycles. The van der Waals surface area contributed by atoms with E-state index >= 15 is 17.6 Å². The molecule has 4 aromatic heterocycles. The molecule has 2 atom stereocenters. The highest BCUT2D eigenvalue weighted by atomic mass is 19.1. The maximum absolute atomic E-state index is 17.7. The summed E-state index contributed by atoms with van der Waals surface area (Å²) in [5, 5.41) is 8.26. The van der Waals surface area contributed by atoms with E-state index in [1.54, 1.807) is 42.6 Å². The number of carbonyl (C=O) groups is 2. The Morgan fingerprint density at radius 3 is 1.82 bits per heavy atom. The Morgan fingerprint density at radius 2 is 1.19 bits per heavy atom. The second kappa shape index (κ2) is 21.8. The van der Waals surface area contributed by atoms with Crippen LogP contribution in [0.15, 0.2) is 84.1 Å². The first-order valence-corrected chi connectivity index (χ1v) is 29.4. The molecule has 0 saturated carbocycles. The van der Waals surface area contributed by atoms with Crippen LogP contribution in [-0.2, 0) is 4.79 Å². The first-order valence-electron chi connectivity index (χ1n) is 29.4. The molecule has 0 bridgehead atoms. The van der Waals surface area contributed by atoms with Gasteiger partial charge in [0.05, 0.1) is 21.9 Å². The Hall–Kier alpha value is -8.17. The number of anilines is 2. The number of nitrogens with zero attached hydrogens (tertiary/aromatic N) is 11. The van der Waals surface area contributed by atoms with Gasteiger partial charge in [-0.2, -0.15) is 19.9 Å². The van der Waals surface area contributed by atoms with E-state index in [9.17, 15) is 9.59 Å². The van der Waals surface area contributed by atoms with Gasteiger partial charge in [-0.05, 0) is 132 Å². The molecule has 432 valence electrons. The highest BCUT2D eigenvalue weighted by Gasteiger charge is 2.51. The number of urea groups is 1. The van der Waals surface area contributed by atoms with E-state index in [1.165, 1.54) is 18.3 Å². The predicted octanol–water partition coefficient (Wildman–Crippen LogP) is 10.4. The van der Waals surface area contributed by atoms with Gasteiger partial charge in [0.25, 0.3) is 0 Å². The lowest BCUT2D eigenvalue weighted by Crippen LogP contribution is -2.45. The first kappa shape index (κ1) is 53.8. The van der Waals surface area contributed by atoms with Gasteiger partial charge in [0.15, 0.2) is 11.6 Å². The topological polar surface area (TPSA) is 179 Å². The normalized spacial score (nSPS) is 21.2. The molecular formula is C63H63F4N13O4. The highest BCUT2D eigenvalue weighted by molar-refractivity contribution is 6.02. The van der Waals surface area contributed by atoms with Gasteiger partial charge < -0.3 is 29.9 Å². The first-order chi connectivity index (χ1) is 41.0. The van der Waals surface area contributed by atoms with Crippen LogP contribution in [0.2, 0.25) is 0 Å². The number of fused-ring (bicyclic) bond motifs is 6. The number of aliphatic imine (C=N–C) groups is 1. The van der Waals surface area contributed by atoms with Crippen molar-refractivity contribution >= 4 is 74.1 Å². The molecule has 2 unspecified atom stereocenters. The van der Waals surface area contributed by atoms with Crippen molar-refractivity contribution in [2.45, 2.75) is 106 Å². The summed E-state index contributed by atoms with van der Waals surface area (Å²) >= 11 is 0. The van der Waals surface area contributed by atoms with Crippen molar-refractivity contribution in [2.24, 2.45) is 4.99 Å². The summed E-state index contributed by atoms with van der Waals surface area (Å²) in [4.78, 5) is 64.6. The second-order valence-electron chi connectivity index (χ2n) is 23.5. The lowest BCUT2D eigenvalue weighted by atomic mass is 9.92. The average Bonchev–Trinajstić information content (AvgIpc) is 2.82. The smallest absolute Gasteiger partial charge is 0.340 e. The molecule has 14 rings (SSSR count). The molecule has 17 nitrogen and oxygen atoms in total. The summed E-state index contributed by atoms with van der Waals surface area (Å²) in [5.41, 5.74) is 0.773. The summed E-state index contributed by atoms with van der Waals surface area (Å²) in [5.74, 6) is -1.54. The number of carbonyl (C=O) groups excluding carboxylic acids is 2. The number of aromatic nitrogens is 6. The van der Waals surface area contributed by atoms with Crippen LogP contribution < -0.4 is 29.9 Å². The molecule has 6 aliphatic heterocycles. The van der Waals surface area contributed by atoms with Crippen LogP contribution in [0.4, 0.5) is 34.0 Å². The SMILES string of the molecule is C=NC(=O)NC1CCN(c2nc(OCC34CCCN3C(c3ccc(F)c5c(-c6ncc7c(N8CCC(NC=O)CC8)nc(OCC89CCCN8CCC9)nc7c6F)cccc35)CC4)nc3c(F)c(-c4cccc5cccc(F)c45)ncc23)CC1. The van der Waals surface area contributed by atoms with Crippen LogP contribution in [0, 0.1) is 23.3 Å². The Kier molecular flexibility index (Phi) is 14.0. The minimum Gasteiger partial charge on any atom is -0.461 e. The maximum atomic E-state index is 17.7. The van der Waals surface area contributed by atoms with Gasteiger partial charge in [-0.15, -0.1) is 0 Å². The molecule has 6 aliphatic rings. The zero-order chi connectivity index (χ0) is 57.3. The third-order valence-corrected chi connectivity index (χ3v) is 19.1. The van der Waals surface area contributed by atoms with Crippen molar-refractivity contribution in [1.29, 1.82) is 0 Å². The van der Waals surface area contributed by atoms with E-state index in [1.807, 2.05) is 23.1 Å². The van der Waals surface area contributed by atoms with Crippen LogP contribution in [-0.4, -0.2) is 141 Å². The highest BCUT2D eigenvalue weighted by Crippen LogP contribution is 2.51. The molecule has 2 N–H and O–H groups in total. The minimum atomic E-state index is -0.744. The molecule has 21 heteroatoms. The third kappa shape index (κ3) is 9.33. The number of nitrogens with one attached hydrogen (secondary N) is 2. The average molecular weight is 1140 g/mol. The molecule has 4 aromatic carbocycles. The fraction of sp³-hybridized carbons (Fsp3) is 0.413. The third-order valence-electron chi connectivity index (χ3n) is 19.1. The van der Waals surface area contributed by atoms with Crippen molar-refractivity contribution in [3.05, 3.63) is 108 Å². The van der Waals surface area contributed by atoms with E-state index < -0.39 is 34.8 Å². The monoisotopic (exact) mass is 1140 g/mol. The van der Waals surface area contributed by atoms with Crippen molar-refractivity contribution in [2.75, 3.05) is 68.8 Å². The maximum Gasteiger partial charge on any atom is 0.340 e.